The Hall–Kier alpha value is -1.61. The van der Waals surface area contributed by atoms with Gasteiger partial charge in [0.05, 0.1) is 5.52 Å². The molecule has 0 atom stereocenters. The Kier molecular flexibility index (Phi) is 3.65. The highest BCUT2D eigenvalue weighted by Gasteiger charge is 2.13. The number of piperidine rings is 1. The van der Waals surface area contributed by atoms with Crippen molar-refractivity contribution in [3.63, 3.8) is 0 Å². The number of hydrogen-bond acceptors (Lipinski definition) is 3. The summed E-state index contributed by atoms with van der Waals surface area (Å²) in [6.45, 7) is 5.50. The van der Waals surface area contributed by atoms with Crippen LogP contribution in [-0.2, 0) is 0 Å². The number of rotatable bonds is 3. The van der Waals surface area contributed by atoms with E-state index in [1.165, 1.54) is 29.5 Å². The topological polar surface area (TPSA) is 37.0 Å². The highest BCUT2D eigenvalue weighted by molar-refractivity contribution is 5.91. The Labute approximate surface area is 114 Å². The molecule has 3 nitrogen and oxygen atoms in total. The van der Waals surface area contributed by atoms with Crippen molar-refractivity contribution in [2.45, 2.75) is 19.8 Å². The maximum absolute atomic E-state index is 4.43. The molecule has 0 unspecified atom stereocenters. The molecule has 0 radical (unpaired) electrons. The van der Waals surface area contributed by atoms with Gasteiger partial charge in [0, 0.05) is 23.8 Å². The first-order valence-electron chi connectivity index (χ1n) is 7.13. The summed E-state index contributed by atoms with van der Waals surface area (Å²) < 4.78 is 0. The van der Waals surface area contributed by atoms with Crippen LogP contribution in [0, 0.1) is 12.8 Å². The van der Waals surface area contributed by atoms with Crippen LogP contribution in [0.3, 0.4) is 0 Å². The predicted molar refractivity (Wildman–Crippen MR) is 80.6 cm³/mol. The predicted octanol–water partition coefficient (Wildman–Crippen LogP) is 2.95. The Morgan fingerprint density at radius 3 is 2.95 bits per heavy atom. The van der Waals surface area contributed by atoms with Crippen molar-refractivity contribution in [3.05, 3.63) is 36.0 Å². The Morgan fingerprint density at radius 1 is 1.26 bits per heavy atom. The van der Waals surface area contributed by atoms with Crippen molar-refractivity contribution >= 4 is 16.6 Å². The number of anilines is 1. The summed E-state index contributed by atoms with van der Waals surface area (Å²) in [6.07, 6.45) is 4.44. The smallest absolute Gasteiger partial charge is 0.0722 e. The molecule has 2 heterocycles. The third kappa shape index (κ3) is 2.87. The van der Waals surface area contributed by atoms with Crippen molar-refractivity contribution in [2.24, 2.45) is 5.92 Å². The second kappa shape index (κ2) is 5.57. The molecule has 1 saturated heterocycles. The number of pyridine rings is 1. The van der Waals surface area contributed by atoms with Crippen LogP contribution in [0.4, 0.5) is 5.69 Å². The molecule has 100 valence electrons. The highest BCUT2D eigenvalue weighted by atomic mass is 14.9. The third-order valence-electron chi connectivity index (χ3n) is 3.94. The van der Waals surface area contributed by atoms with E-state index in [9.17, 15) is 0 Å². The molecule has 0 spiro atoms. The van der Waals surface area contributed by atoms with E-state index < -0.39 is 0 Å². The summed E-state index contributed by atoms with van der Waals surface area (Å²) in [6, 6.07) is 8.52. The van der Waals surface area contributed by atoms with Gasteiger partial charge < -0.3 is 10.6 Å². The summed E-state index contributed by atoms with van der Waals surface area (Å²) in [4.78, 5) is 4.43. The number of nitrogens with one attached hydrogen (secondary N) is 2. The molecule has 0 aliphatic carbocycles. The molecule has 1 aliphatic rings. The van der Waals surface area contributed by atoms with E-state index in [4.69, 9.17) is 0 Å². The van der Waals surface area contributed by atoms with Crippen LogP contribution < -0.4 is 10.6 Å². The van der Waals surface area contributed by atoms with Gasteiger partial charge in [0.2, 0.25) is 0 Å². The molecule has 2 aromatic rings. The average Bonchev–Trinajstić information content (AvgIpc) is 2.46. The molecule has 1 fully saturated rings. The normalized spacial score (nSPS) is 16.7. The lowest BCUT2D eigenvalue weighted by Crippen LogP contribution is -2.31. The summed E-state index contributed by atoms with van der Waals surface area (Å²) in [5, 5.41) is 8.26. The van der Waals surface area contributed by atoms with E-state index >= 15 is 0 Å². The first-order chi connectivity index (χ1) is 9.33. The van der Waals surface area contributed by atoms with E-state index in [-0.39, 0.29) is 0 Å². The van der Waals surface area contributed by atoms with Gasteiger partial charge in [0.1, 0.15) is 0 Å². The molecule has 1 aromatic carbocycles. The van der Waals surface area contributed by atoms with Crippen LogP contribution in [0.1, 0.15) is 18.4 Å². The summed E-state index contributed by atoms with van der Waals surface area (Å²) in [7, 11) is 0. The number of fused-ring (bicyclic) bond motifs is 1. The molecule has 3 heteroatoms. The molecule has 3 rings (SSSR count). The lowest BCUT2D eigenvalue weighted by molar-refractivity contribution is 0.390. The van der Waals surface area contributed by atoms with Gasteiger partial charge in [-0.05, 0) is 57.0 Å². The highest BCUT2D eigenvalue weighted by Crippen LogP contribution is 2.23. The summed E-state index contributed by atoms with van der Waals surface area (Å²) >= 11 is 0. The molecule has 2 N–H and O–H groups in total. The molecule has 0 amide bonds. The lowest BCUT2D eigenvalue weighted by Gasteiger charge is -2.23. The van der Waals surface area contributed by atoms with Crippen LogP contribution in [0.5, 0.6) is 0 Å². The minimum atomic E-state index is 0.786. The zero-order valence-corrected chi connectivity index (χ0v) is 11.4. The quantitative estimate of drug-likeness (QED) is 0.885. The second-order valence-corrected chi connectivity index (χ2v) is 5.45. The second-order valence-electron chi connectivity index (χ2n) is 5.45. The van der Waals surface area contributed by atoms with Crippen molar-refractivity contribution in [3.8, 4) is 0 Å². The molecule has 19 heavy (non-hydrogen) atoms. The van der Waals surface area contributed by atoms with Crippen molar-refractivity contribution in [1.82, 2.24) is 10.3 Å². The first-order valence-corrected chi connectivity index (χ1v) is 7.13. The van der Waals surface area contributed by atoms with Crippen molar-refractivity contribution < 1.29 is 0 Å². The molecular weight excluding hydrogens is 234 g/mol. The van der Waals surface area contributed by atoms with Gasteiger partial charge in [-0.1, -0.05) is 11.6 Å². The van der Waals surface area contributed by atoms with Crippen molar-refractivity contribution in [2.75, 3.05) is 25.0 Å². The number of benzene rings is 1. The van der Waals surface area contributed by atoms with E-state index in [2.05, 4.69) is 46.8 Å². The lowest BCUT2D eigenvalue weighted by atomic mass is 9.98. The molecule has 1 aromatic heterocycles. The van der Waals surface area contributed by atoms with E-state index in [0.29, 0.717) is 0 Å². The number of aryl methyl sites for hydroxylation is 1. The summed E-state index contributed by atoms with van der Waals surface area (Å²) in [5.41, 5.74) is 3.57. The van der Waals surface area contributed by atoms with Gasteiger partial charge in [-0.15, -0.1) is 0 Å². The number of aromatic nitrogens is 1. The van der Waals surface area contributed by atoms with Crippen LogP contribution in [-0.4, -0.2) is 24.6 Å². The van der Waals surface area contributed by atoms with Crippen LogP contribution in [0.15, 0.2) is 30.5 Å². The molecular formula is C16H21N3. The molecule has 0 saturated carbocycles. The van der Waals surface area contributed by atoms with Gasteiger partial charge in [0.15, 0.2) is 0 Å². The maximum atomic E-state index is 4.43. The Bertz CT molecular complexity index is 559. The monoisotopic (exact) mass is 255 g/mol. The standard InChI is InChI=1S/C16H21N3/c1-12-2-3-15-14(10-12)16(6-9-18-15)19-11-13-4-7-17-8-5-13/h2-3,6,9-10,13,17H,4-5,7-8,11H2,1H3,(H,18,19). The Morgan fingerprint density at radius 2 is 2.11 bits per heavy atom. The van der Waals surface area contributed by atoms with Gasteiger partial charge in [0.25, 0.3) is 0 Å². The number of nitrogens with zero attached hydrogens (tertiary/aromatic N) is 1. The summed E-state index contributed by atoms with van der Waals surface area (Å²) in [5.74, 6) is 0.786. The van der Waals surface area contributed by atoms with E-state index in [1.807, 2.05) is 6.20 Å². The van der Waals surface area contributed by atoms with Gasteiger partial charge in [-0.25, -0.2) is 0 Å². The zero-order valence-electron chi connectivity index (χ0n) is 11.4. The van der Waals surface area contributed by atoms with Gasteiger partial charge in [-0.3, -0.25) is 4.98 Å². The van der Waals surface area contributed by atoms with Gasteiger partial charge in [-0.2, -0.15) is 0 Å². The van der Waals surface area contributed by atoms with Crippen LogP contribution in [0.25, 0.3) is 10.9 Å². The fourth-order valence-electron chi connectivity index (χ4n) is 2.75. The van der Waals surface area contributed by atoms with E-state index in [0.717, 1.165) is 31.1 Å². The first kappa shape index (κ1) is 12.4. The Balaban J connectivity index is 1.78. The third-order valence-corrected chi connectivity index (χ3v) is 3.94. The fourth-order valence-corrected chi connectivity index (χ4v) is 2.75. The van der Waals surface area contributed by atoms with Crippen molar-refractivity contribution in [1.29, 1.82) is 0 Å². The van der Waals surface area contributed by atoms with E-state index in [1.54, 1.807) is 0 Å². The average molecular weight is 255 g/mol. The SMILES string of the molecule is Cc1ccc2nccc(NCC3CCNCC3)c2c1. The largest absolute Gasteiger partial charge is 0.384 e. The fraction of sp³-hybridized carbons (Fsp3) is 0.438. The molecule has 0 bridgehead atoms. The maximum Gasteiger partial charge on any atom is 0.0722 e. The van der Waals surface area contributed by atoms with Crippen LogP contribution in [0.2, 0.25) is 0 Å². The zero-order chi connectivity index (χ0) is 13.1. The van der Waals surface area contributed by atoms with Gasteiger partial charge >= 0.3 is 0 Å². The van der Waals surface area contributed by atoms with Crippen LogP contribution >= 0.6 is 0 Å². The minimum Gasteiger partial charge on any atom is -0.384 e. The minimum absolute atomic E-state index is 0.786. The number of hydrogen-bond donors (Lipinski definition) is 2. The molecule has 1 aliphatic heterocycles.